The molecule has 1 rings (SSSR count). The first kappa shape index (κ1) is 11.8. The van der Waals surface area contributed by atoms with E-state index in [1.54, 1.807) is 12.5 Å². The van der Waals surface area contributed by atoms with Gasteiger partial charge in [0, 0.05) is 31.4 Å². The van der Waals surface area contributed by atoms with Crippen molar-refractivity contribution < 1.29 is 4.79 Å². The third kappa shape index (κ3) is 4.63. The molecule has 84 valence electrons. The highest BCUT2D eigenvalue weighted by molar-refractivity contribution is 5.76. The molecule has 4 nitrogen and oxygen atoms in total. The normalized spacial score (nSPS) is 12.4. The van der Waals surface area contributed by atoms with Crippen LogP contribution in [0.5, 0.6) is 0 Å². The van der Waals surface area contributed by atoms with Crippen LogP contribution in [0.4, 0.5) is 0 Å². The number of imidazole rings is 1. The molecule has 4 heteroatoms. The van der Waals surface area contributed by atoms with Gasteiger partial charge in [0.1, 0.15) is 0 Å². The van der Waals surface area contributed by atoms with Crippen molar-refractivity contribution in [3.05, 3.63) is 18.7 Å². The first-order chi connectivity index (χ1) is 7.22. The molecular formula is C11H19N3O. The zero-order valence-corrected chi connectivity index (χ0v) is 9.44. The first-order valence-electron chi connectivity index (χ1n) is 5.47. The van der Waals surface area contributed by atoms with Crippen LogP contribution in [0.25, 0.3) is 0 Å². The highest BCUT2D eigenvalue weighted by atomic mass is 16.1. The molecule has 1 aromatic rings. The quantitative estimate of drug-likeness (QED) is 0.773. The number of hydrogen-bond donors (Lipinski definition) is 1. The van der Waals surface area contributed by atoms with Crippen LogP contribution in [-0.4, -0.2) is 21.5 Å². The van der Waals surface area contributed by atoms with E-state index < -0.39 is 0 Å². The molecule has 1 heterocycles. The Morgan fingerprint density at radius 1 is 1.60 bits per heavy atom. The maximum atomic E-state index is 11.4. The summed E-state index contributed by atoms with van der Waals surface area (Å²) in [6.45, 7) is 4.86. The smallest absolute Gasteiger partial charge is 0.220 e. The Kier molecular flexibility index (Phi) is 4.87. The van der Waals surface area contributed by atoms with E-state index >= 15 is 0 Å². The molecule has 15 heavy (non-hydrogen) atoms. The van der Waals surface area contributed by atoms with Gasteiger partial charge in [-0.1, -0.05) is 13.3 Å². The average Bonchev–Trinajstić information content (AvgIpc) is 2.67. The molecule has 0 aliphatic carbocycles. The Morgan fingerprint density at radius 3 is 3.00 bits per heavy atom. The SMILES string of the molecule is CCCCC(=O)NC(C)Cn1ccnc1. The molecule has 0 spiro atoms. The van der Waals surface area contributed by atoms with E-state index in [0.717, 1.165) is 19.4 Å². The number of aromatic nitrogens is 2. The Balaban J connectivity index is 2.23. The number of amides is 1. The lowest BCUT2D eigenvalue weighted by molar-refractivity contribution is -0.121. The number of rotatable bonds is 6. The number of hydrogen-bond acceptors (Lipinski definition) is 2. The van der Waals surface area contributed by atoms with Gasteiger partial charge in [-0.3, -0.25) is 4.79 Å². The molecule has 0 aliphatic rings. The summed E-state index contributed by atoms with van der Waals surface area (Å²) in [5, 5.41) is 2.97. The summed E-state index contributed by atoms with van der Waals surface area (Å²) in [4.78, 5) is 15.4. The fourth-order valence-electron chi connectivity index (χ4n) is 1.44. The van der Waals surface area contributed by atoms with E-state index in [4.69, 9.17) is 0 Å². The third-order valence-electron chi connectivity index (χ3n) is 2.21. The van der Waals surface area contributed by atoms with Crippen molar-refractivity contribution in [3.63, 3.8) is 0 Å². The van der Waals surface area contributed by atoms with Crippen molar-refractivity contribution in [2.75, 3.05) is 0 Å². The van der Waals surface area contributed by atoms with E-state index in [1.807, 2.05) is 17.7 Å². The lowest BCUT2D eigenvalue weighted by atomic mass is 10.2. The lowest BCUT2D eigenvalue weighted by Crippen LogP contribution is -2.35. The van der Waals surface area contributed by atoms with E-state index in [9.17, 15) is 4.79 Å². The molecule has 1 atom stereocenters. The van der Waals surface area contributed by atoms with Crippen LogP contribution >= 0.6 is 0 Å². The molecular weight excluding hydrogens is 190 g/mol. The summed E-state index contributed by atoms with van der Waals surface area (Å²) in [7, 11) is 0. The second-order valence-electron chi connectivity index (χ2n) is 3.83. The van der Waals surface area contributed by atoms with Crippen LogP contribution in [0.3, 0.4) is 0 Å². The van der Waals surface area contributed by atoms with Crippen LogP contribution in [-0.2, 0) is 11.3 Å². The van der Waals surface area contributed by atoms with Gasteiger partial charge in [-0.25, -0.2) is 4.98 Å². The topological polar surface area (TPSA) is 46.9 Å². The van der Waals surface area contributed by atoms with Crippen LogP contribution in [0.1, 0.15) is 33.1 Å². The van der Waals surface area contributed by atoms with E-state index in [0.29, 0.717) is 6.42 Å². The van der Waals surface area contributed by atoms with Crippen LogP contribution in [0.2, 0.25) is 0 Å². The van der Waals surface area contributed by atoms with Gasteiger partial charge in [0.2, 0.25) is 5.91 Å². The zero-order valence-electron chi connectivity index (χ0n) is 9.44. The van der Waals surface area contributed by atoms with Crippen molar-refractivity contribution in [2.24, 2.45) is 0 Å². The minimum absolute atomic E-state index is 0.143. The molecule has 0 bridgehead atoms. The molecule has 1 unspecified atom stereocenters. The molecule has 0 saturated carbocycles. The van der Waals surface area contributed by atoms with Crippen molar-refractivity contribution in [2.45, 2.75) is 45.7 Å². The van der Waals surface area contributed by atoms with Gasteiger partial charge >= 0.3 is 0 Å². The average molecular weight is 209 g/mol. The monoisotopic (exact) mass is 209 g/mol. The Hall–Kier alpha value is -1.32. The summed E-state index contributed by atoms with van der Waals surface area (Å²) in [6, 6.07) is 0.156. The van der Waals surface area contributed by atoms with E-state index in [-0.39, 0.29) is 11.9 Å². The standard InChI is InChI=1S/C11H19N3O/c1-3-4-5-11(15)13-10(2)8-14-7-6-12-9-14/h6-7,9-10H,3-5,8H2,1-2H3,(H,13,15). The number of carbonyl (C=O) groups excluding carboxylic acids is 1. The van der Waals surface area contributed by atoms with Gasteiger partial charge in [-0.05, 0) is 13.3 Å². The summed E-state index contributed by atoms with van der Waals surface area (Å²) in [5.41, 5.74) is 0. The Morgan fingerprint density at radius 2 is 2.40 bits per heavy atom. The highest BCUT2D eigenvalue weighted by Crippen LogP contribution is 1.96. The molecule has 1 amide bonds. The summed E-state index contributed by atoms with van der Waals surface area (Å²) < 4.78 is 1.96. The minimum Gasteiger partial charge on any atom is -0.352 e. The minimum atomic E-state index is 0.143. The fourth-order valence-corrected chi connectivity index (χ4v) is 1.44. The van der Waals surface area contributed by atoms with Crippen molar-refractivity contribution in [1.29, 1.82) is 0 Å². The summed E-state index contributed by atoms with van der Waals surface area (Å²) in [5.74, 6) is 0.143. The van der Waals surface area contributed by atoms with Gasteiger partial charge in [0.15, 0.2) is 0 Å². The lowest BCUT2D eigenvalue weighted by Gasteiger charge is -2.14. The largest absolute Gasteiger partial charge is 0.352 e. The highest BCUT2D eigenvalue weighted by Gasteiger charge is 2.06. The van der Waals surface area contributed by atoms with Crippen molar-refractivity contribution in [1.82, 2.24) is 14.9 Å². The maximum absolute atomic E-state index is 11.4. The van der Waals surface area contributed by atoms with Crippen LogP contribution in [0.15, 0.2) is 18.7 Å². The molecule has 1 aromatic heterocycles. The molecule has 0 aliphatic heterocycles. The van der Waals surface area contributed by atoms with Crippen LogP contribution < -0.4 is 5.32 Å². The third-order valence-corrected chi connectivity index (χ3v) is 2.21. The number of nitrogens with zero attached hydrogens (tertiary/aromatic N) is 2. The van der Waals surface area contributed by atoms with Gasteiger partial charge in [-0.2, -0.15) is 0 Å². The fraction of sp³-hybridized carbons (Fsp3) is 0.636. The molecule has 0 fully saturated rings. The summed E-state index contributed by atoms with van der Waals surface area (Å²) >= 11 is 0. The predicted molar refractivity (Wildman–Crippen MR) is 59.4 cm³/mol. The number of unbranched alkanes of at least 4 members (excludes halogenated alkanes) is 1. The van der Waals surface area contributed by atoms with Crippen molar-refractivity contribution >= 4 is 5.91 Å². The second-order valence-corrected chi connectivity index (χ2v) is 3.83. The molecule has 0 radical (unpaired) electrons. The van der Waals surface area contributed by atoms with E-state index in [1.165, 1.54) is 0 Å². The molecule has 0 saturated heterocycles. The van der Waals surface area contributed by atoms with Gasteiger partial charge in [-0.15, -0.1) is 0 Å². The maximum Gasteiger partial charge on any atom is 0.220 e. The second kappa shape index (κ2) is 6.22. The predicted octanol–water partition coefficient (Wildman–Crippen LogP) is 1.58. The zero-order chi connectivity index (χ0) is 11.1. The Bertz CT molecular complexity index is 282. The molecule has 0 aromatic carbocycles. The van der Waals surface area contributed by atoms with Crippen LogP contribution in [0, 0.1) is 0 Å². The number of carbonyl (C=O) groups is 1. The summed E-state index contributed by atoms with van der Waals surface area (Å²) in [6.07, 6.45) is 8.05. The Labute approximate surface area is 90.7 Å². The first-order valence-corrected chi connectivity index (χ1v) is 5.47. The van der Waals surface area contributed by atoms with Gasteiger partial charge in [0.05, 0.1) is 6.33 Å². The van der Waals surface area contributed by atoms with Gasteiger partial charge < -0.3 is 9.88 Å². The number of nitrogens with one attached hydrogen (secondary N) is 1. The van der Waals surface area contributed by atoms with Crippen molar-refractivity contribution in [3.8, 4) is 0 Å². The van der Waals surface area contributed by atoms with E-state index in [2.05, 4.69) is 17.2 Å². The van der Waals surface area contributed by atoms with Gasteiger partial charge in [0.25, 0.3) is 0 Å². The molecule has 1 N–H and O–H groups in total.